The predicted molar refractivity (Wildman–Crippen MR) is 74.0 cm³/mol. The summed E-state index contributed by atoms with van der Waals surface area (Å²) in [6, 6.07) is 8.18. The Morgan fingerprint density at radius 1 is 1.35 bits per heavy atom. The molecule has 0 saturated heterocycles. The fourth-order valence-electron chi connectivity index (χ4n) is 1.95. The summed E-state index contributed by atoms with van der Waals surface area (Å²) in [5.74, 6) is 0.652. The number of anilines is 1. The van der Waals surface area contributed by atoms with Gasteiger partial charge in [0.25, 0.3) is 5.69 Å². The molecule has 7 nitrogen and oxygen atoms in total. The van der Waals surface area contributed by atoms with Crippen molar-refractivity contribution in [3.63, 3.8) is 0 Å². The molecule has 1 aromatic heterocycles. The van der Waals surface area contributed by atoms with Crippen LogP contribution < -0.4 is 4.90 Å². The monoisotopic (exact) mass is 271 g/mol. The third-order valence-corrected chi connectivity index (χ3v) is 2.88. The maximum absolute atomic E-state index is 10.7. The molecule has 0 amide bonds. The quantitative estimate of drug-likeness (QED) is 0.629. The molecule has 0 bridgehead atoms. The van der Waals surface area contributed by atoms with Crippen LogP contribution in [0.25, 0.3) is 5.69 Å². The van der Waals surface area contributed by atoms with Gasteiger partial charge in [-0.25, -0.2) is 4.68 Å². The standard InChI is InChI=1S/C13H13N5O2/c1-9-12(8-14)13(16(2)3)17(15-9)10-4-6-11(7-5-10)18(19)20/h4-7H,1-3H3. The van der Waals surface area contributed by atoms with E-state index in [0.717, 1.165) is 0 Å². The van der Waals surface area contributed by atoms with Gasteiger partial charge in [0.2, 0.25) is 0 Å². The molecule has 1 heterocycles. The Hall–Kier alpha value is -2.88. The Balaban J connectivity index is 2.58. The molecule has 0 fully saturated rings. The second-order valence-electron chi connectivity index (χ2n) is 4.48. The van der Waals surface area contributed by atoms with E-state index in [1.165, 1.54) is 12.1 Å². The van der Waals surface area contributed by atoms with E-state index in [1.807, 2.05) is 14.1 Å². The molecule has 0 saturated carbocycles. The molecule has 0 radical (unpaired) electrons. The molecule has 0 aliphatic carbocycles. The number of aromatic nitrogens is 2. The first-order valence-corrected chi connectivity index (χ1v) is 5.87. The van der Waals surface area contributed by atoms with Crippen LogP contribution in [0.4, 0.5) is 11.5 Å². The zero-order valence-electron chi connectivity index (χ0n) is 11.4. The summed E-state index contributed by atoms with van der Waals surface area (Å²) < 4.78 is 1.61. The third kappa shape index (κ3) is 2.19. The van der Waals surface area contributed by atoms with Gasteiger partial charge in [-0.1, -0.05) is 0 Å². The van der Waals surface area contributed by atoms with Crippen LogP contribution in [0.1, 0.15) is 11.3 Å². The molecule has 2 rings (SSSR count). The number of rotatable bonds is 3. The Kier molecular flexibility index (Phi) is 3.39. The maximum atomic E-state index is 10.7. The van der Waals surface area contributed by atoms with Gasteiger partial charge in [0.05, 0.1) is 16.3 Å². The molecular weight excluding hydrogens is 258 g/mol. The minimum atomic E-state index is -0.453. The zero-order valence-corrected chi connectivity index (χ0v) is 11.4. The van der Waals surface area contributed by atoms with Crippen molar-refractivity contribution in [2.24, 2.45) is 0 Å². The molecule has 0 atom stereocenters. The van der Waals surface area contributed by atoms with Crippen molar-refractivity contribution >= 4 is 11.5 Å². The van der Waals surface area contributed by atoms with Gasteiger partial charge in [-0.05, 0) is 19.1 Å². The normalized spacial score (nSPS) is 10.1. The number of nitro benzene ring substituents is 1. The molecule has 0 N–H and O–H groups in total. The lowest BCUT2D eigenvalue weighted by Crippen LogP contribution is -2.15. The summed E-state index contributed by atoms with van der Waals surface area (Å²) in [6.45, 7) is 1.76. The fourth-order valence-corrected chi connectivity index (χ4v) is 1.95. The van der Waals surface area contributed by atoms with Crippen LogP contribution in [0.15, 0.2) is 24.3 Å². The second-order valence-corrected chi connectivity index (χ2v) is 4.48. The first-order valence-electron chi connectivity index (χ1n) is 5.87. The average molecular weight is 271 g/mol. The molecule has 0 aliphatic rings. The molecule has 102 valence electrons. The molecule has 2 aromatic rings. The van der Waals surface area contributed by atoms with Crippen molar-refractivity contribution in [3.8, 4) is 11.8 Å². The lowest BCUT2D eigenvalue weighted by Gasteiger charge is -2.15. The molecule has 1 aromatic carbocycles. The van der Waals surface area contributed by atoms with Crippen molar-refractivity contribution in [2.75, 3.05) is 19.0 Å². The molecule has 0 spiro atoms. The van der Waals surface area contributed by atoms with E-state index in [2.05, 4.69) is 11.2 Å². The number of benzene rings is 1. The highest BCUT2D eigenvalue weighted by Gasteiger charge is 2.18. The summed E-state index contributed by atoms with van der Waals surface area (Å²) in [7, 11) is 3.64. The highest BCUT2D eigenvalue weighted by molar-refractivity contribution is 5.60. The van der Waals surface area contributed by atoms with Crippen LogP contribution in [-0.2, 0) is 0 Å². The summed E-state index contributed by atoms with van der Waals surface area (Å²) in [5.41, 5.74) is 1.80. The largest absolute Gasteiger partial charge is 0.362 e. The smallest absolute Gasteiger partial charge is 0.269 e. The number of nitro groups is 1. The second kappa shape index (κ2) is 5.01. The number of aryl methyl sites for hydroxylation is 1. The first kappa shape index (κ1) is 13.5. The van der Waals surface area contributed by atoms with Gasteiger partial charge in [-0.2, -0.15) is 10.4 Å². The fraction of sp³-hybridized carbons (Fsp3) is 0.231. The maximum Gasteiger partial charge on any atom is 0.269 e. The third-order valence-electron chi connectivity index (χ3n) is 2.88. The van der Waals surface area contributed by atoms with E-state index in [0.29, 0.717) is 22.8 Å². The van der Waals surface area contributed by atoms with Gasteiger partial charge in [0.15, 0.2) is 0 Å². The average Bonchev–Trinajstić information content (AvgIpc) is 2.75. The number of nitrogens with zero attached hydrogens (tertiary/aromatic N) is 5. The predicted octanol–water partition coefficient (Wildman–Crippen LogP) is 2.03. The molecule has 0 unspecified atom stereocenters. The minimum absolute atomic E-state index is 0.0181. The summed E-state index contributed by atoms with van der Waals surface area (Å²) in [5, 5.41) is 24.2. The number of non-ortho nitro benzene ring substituents is 1. The van der Waals surface area contributed by atoms with E-state index in [1.54, 1.807) is 28.6 Å². The van der Waals surface area contributed by atoms with Gasteiger partial charge >= 0.3 is 0 Å². The van der Waals surface area contributed by atoms with Crippen molar-refractivity contribution in [2.45, 2.75) is 6.92 Å². The summed E-state index contributed by atoms with van der Waals surface area (Å²) in [6.07, 6.45) is 0. The number of hydrogen-bond acceptors (Lipinski definition) is 5. The van der Waals surface area contributed by atoms with Gasteiger partial charge in [0.1, 0.15) is 17.5 Å². The van der Waals surface area contributed by atoms with Crippen LogP contribution >= 0.6 is 0 Å². The summed E-state index contributed by atoms with van der Waals surface area (Å²) >= 11 is 0. The van der Waals surface area contributed by atoms with Gasteiger partial charge in [0, 0.05) is 26.2 Å². The van der Waals surface area contributed by atoms with E-state index in [-0.39, 0.29) is 5.69 Å². The van der Waals surface area contributed by atoms with Crippen LogP contribution in [0.2, 0.25) is 0 Å². The van der Waals surface area contributed by atoms with Crippen LogP contribution in [0.5, 0.6) is 0 Å². The lowest BCUT2D eigenvalue weighted by atomic mass is 10.2. The zero-order chi connectivity index (χ0) is 14.9. The van der Waals surface area contributed by atoms with E-state index in [9.17, 15) is 15.4 Å². The van der Waals surface area contributed by atoms with Crippen molar-refractivity contribution in [1.29, 1.82) is 5.26 Å². The molecule has 0 aliphatic heterocycles. The van der Waals surface area contributed by atoms with Crippen LogP contribution in [0, 0.1) is 28.4 Å². The first-order chi connectivity index (χ1) is 9.45. The number of hydrogen-bond donors (Lipinski definition) is 0. The molecule has 20 heavy (non-hydrogen) atoms. The Morgan fingerprint density at radius 3 is 2.40 bits per heavy atom. The van der Waals surface area contributed by atoms with E-state index >= 15 is 0 Å². The number of nitriles is 1. The van der Waals surface area contributed by atoms with Crippen LogP contribution in [0.3, 0.4) is 0 Å². The highest BCUT2D eigenvalue weighted by Crippen LogP contribution is 2.26. The molecule has 7 heteroatoms. The van der Waals surface area contributed by atoms with E-state index < -0.39 is 4.92 Å². The van der Waals surface area contributed by atoms with Crippen molar-refractivity contribution in [1.82, 2.24) is 9.78 Å². The topological polar surface area (TPSA) is 88.0 Å². The Labute approximate surface area is 115 Å². The summed E-state index contributed by atoms with van der Waals surface area (Å²) in [4.78, 5) is 12.0. The SMILES string of the molecule is Cc1nn(-c2ccc([N+](=O)[O-])cc2)c(N(C)C)c1C#N. The van der Waals surface area contributed by atoms with Crippen molar-refractivity contribution in [3.05, 3.63) is 45.6 Å². The lowest BCUT2D eigenvalue weighted by molar-refractivity contribution is -0.384. The van der Waals surface area contributed by atoms with Gasteiger partial charge < -0.3 is 4.90 Å². The van der Waals surface area contributed by atoms with Crippen LogP contribution in [-0.4, -0.2) is 28.8 Å². The van der Waals surface area contributed by atoms with Crippen molar-refractivity contribution < 1.29 is 4.92 Å². The minimum Gasteiger partial charge on any atom is -0.362 e. The Morgan fingerprint density at radius 2 is 1.95 bits per heavy atom. The highest BCUT2D eigenvalue weighted by atomic mass is 16.6. The Bertz CT molecular complexity index is 695. The van der Waals surface area contributed by atoms with E-state index in [4.69, 9.17) is 0 Å². The van der Waals surface area contributed by atoms with Gasteiger partial charge in [-0.3, -0.25) is 10.1 Å². The molecular formula is C13H13N5O2. The van der Waals surface area contributed by atoms with Gasteiger partial charge in [-0.15, -0.1) is 0 Å².